The fourth-order valence-electron chi connectivity index (χ4n) is 4.99. The van der Waals surface area contributed by atoms with Crippen LogP contribution in [0.5, 0.6) is 0 Å². The number of hydrogen-bond acceptors (Lipinski definition) is 7. The zero-order valence-corrected chi connectivity index (χ0v) is 19.7. The van der Waals surface area contributed by atoms with Crippen LogP contribution in [0.4, 0.5) is 0 Å². The van der Waals surface area contributed by atoms with Crippen molar-refractivity contribution < 1.29 is 13.2 Å². The maximum Gasteiger partial charge on any atom is 0.233 e. The van der Waals surface area contributed by atoms with Gasteiger partial charge < -0.3 is 4.90 Å². The zero-order chi connectivity index (χ0) is 22.1. The molecule has 1 saturated heterocycles. The minimum Gasteiger partial charge on any atom is -0.335 e. The highest BCUT2D eigenvalue weighted by Crippen LogP contribution is 2.41. The summed E-state index contributed by atoms with van der Waals surface area (Å²) in [6.45, 7) is 0. The van der Waals surface area contributed by atoms with Gasteiger partial charge >= 0.3 is 0 Å². The van der Waals surface area contributed by atoms with Crippen LogP contribution in [0.2, 0.25) is 0 Å². The molecule has 3 fully saturated rings. The molecule has 5 rings (SSSR count). The molecule has 0 spiro atoms. The van der Waals surface area contributed by atoms with Crippen LogP contribution in [-0.4, -0.2) is 68.3 Å². The van der Waals surface area contributed by atoms with E-state index in [1.807, 2.05) is 17.0 Å². The van der Waals surface area contributed by atoms with Gasteiger partial charge in [-0.2, -0.15) is 0 Å². The highest BCUT2D eigenvalue weighted by atomic mass is 32.2. The molecule has 0 aromatic carbocycles. The molecule has 8 nitrogen and oxygen atoms in total. The molecule has 0 bridgehead atoms. The van der Waals surface area contributed by atoms with E-state index in [1.54, 1.807) is 12.4 Å². The van der Waals surface area contributed by atoms with E-state index in [1.165, 1.54) is 18.2 Å². The third-order valence-corrected chi connectivity index (χ3v) is 9.36. The normalized spacial score (nSPS) is 23.3. The quantitative estimate of drug-likeness (QED) is 0.568. The molecule has 172 valence electrons. The molecule has 10 heteroatoms. The third-order valence-electron chi connectivity index (χ3n) is 6.68. The van der Waals surface area contributed by atoms with Gasteiger partial charge in [-0.3, -0.25) is 14.3 Å². The summed E-state index contributed by atoms with van der Waals surface area (Å²) in [5.74, 6) is 1.36. The van der Waals surface area contributed by atoms with Crippen molar-refractivity contribution in [1.29, 1.82) is 0 Å². The third kappa shape index (κ3) is 4.71. The fraction of sp³-hybridized carbons (Fsp3) is 0.636. The Balaban J connectivity index is 1.34. The van der Waals surface area contributed by atoms with Crippen LogP contribution in [-0.2, 0) is 14.6 Å². The van der Waals surface area contributed by atoms with Crippen molar-refractivity contribution in [2.75, 3.05) is 17.3 Å². The van der Waals surface area contributed by atoms with Crippen LogP contribution >= 0.6 is 11.8 Å². The highest BCUT2D eigenvalue weighted by Gasteiger charge is 2.39. The lowest BCUT2D eigenvalue weighted by atomic mass is 9.93. The Labute approximate surface area is 193 Å². The molecule has 3 heterocycles. The molecular weight excluding hydrogens is 446 g/mol. The number of rotatable bonds is 7. The molecule has 0 N–H and O–H groups in total. The van der Waals surface area contributed by atoms with E-state index in [-0.39, 0.29) is 35.2 Å². The topological polar surface area (TPSA) is 98.1 Å². The van der Waals surface area contributed by atoms with E-state index in [0.29, 0.717) is 12.5 Å². The SMILES string of the molecule is O=C(CSc1nnc(-c2cccnc2)n1C1CC1)N(C1CCCCC1)[C@H]1CCS(=O)(=O)C1. The summed E-state index contributed by atoms with van der Waals surface area (Å²) < 4.78 is 26.4. The molecule has 2 aromatic rings. The molecule has 2 aromatic heterocycles. The number of thioether (sulfide) groups is 1. The number of amides is 1. The van der Waals surface area contributed by atoms with E-state index >= 15 is 0 Å². The molecule has 3 aliphatic rings. The van der Waals surface area contributed by atoms with Crippen LogP contribution in [0.25, 0.3) is 11.4 Å². The number of hydrogen-bond donors (Lipinski definition) is 0. The van der Waals surface area contributed by atoms with Gasteiger partial charge in [-0.1, -0.05) is 31.0 Å². The van der Waals surface area contributed by atoms with Crippen molar-refractivity contribution in [3.63, 3.8) is 0 Å². The minimum absolute atomic E-state index is 0.0253. The van der Waals surface area contributed by atoms with Gasteiger partial charge in [0.2, 0.25) is 5.91 Å². The molecule has 0 radical (unpaired) electrons. The van der Waals surface area contributed by atoms with Crippen LogP contribution in [0.15, 0.2) is 29.7 Å². The van der Waals surface area contributed by atoms with Crippen LogP contribution in [0.1, 0.15) is 57.4 Å². The van der Waals surface area contributed by atoms with Gasteiger partial charge in [-0.15, -0.1) is 10.2 Å². The van der Waals surface area contributed by atoms with E-state index in [4.69, 9.17) is 0 Å². The van der Waals surface area contributed by atoms with Crippen molar-refractivity contribution in [2.24, 2.45) is 0 Å². The van der Waals surface area contributed by atoms with Gasteiger partial charge in [-0.25, -0.2) is 8.42 Å². The van der Waals surface area contributed by atoms with Crippen LogP contribution in [0, 0.1) is 0 Å². The van der Waals surface area contributed by atoms with Crippen molar-refractivity contribution >= 4 is 27.5 Å². The molecular formula is C22H29N5O3S2. The number of pyridine rings is 1. The van der Waals surface area contributed by atoms with Gasteiger partial charge in [-0.05, 0) is 44.2 Å². The average molecular weight is 476 g/mol. The predicted octanol–water partition coefficient (Wildman–Crippen LogP) is 3.12. The number of nitrogens with zero attached hydrogens (tertiary/aromatic N) is 5. The Morgan fingerprint density at radius 1 is 1.09 bits per heavy atom. The van der Waals surface area contributed by atoms with Crippen molar-refractivity contribution in [3.05, 3.63) is 24.5 Å². The van der Waals surface area contributed by atoms with Crippen LogP contribution in [0.3, 0.4) is 0 Å². The van der Waals surface area contributed by atoms with Gasteiger partial charge in [0.05, 0.1) is 17.3 Å². The van der Waals surface area contributed by atoms with E-state index in [9.17, 15) is 13.2 Å². The molecule has 2 saturated carbocycles. The van der Waals surface area contributed by atoms with E-state index in [2.05, 4.69) is 19.7 Å². The number of carbonyl (C=O) groups is 1. The first-order chi connectivity index (χ1) is 15.5. The first-order valence-electron chi connectivity index (χ1n) is 11.5. The highest BCUT2D eigenvalue weighted by molar-refractivity contribution is 7.99. The summed E-state index contributed by atoms with van der Waals surface area (Å²) >= 11 is 1.42. The number of aromatic nitrogens is 4. The van der Waals surface area contributed by atoms with Crippen molar-refractivity contribution in [2.45, 2.75) is 74.6 Å². The monoisotopic (exact) mass is 475 g/mol. The Bertz CT molecular complexity index is 1060. The Morgan fingerprint density at radius 2 is 1.91 bits per heavy atom. The molecule has 1 atom stereocenters. The largest absolute Gasteiger partial charge is 0.335 e. The fourth-order valence-corrected chi connectivity index (χ4v) is 7.58. The maximum atomic E-state index is 13.4. The lowest BCUT2D eigenvalue weighted by Crippen LogP contribution is -2.49. The second kappa shape index (κ2) is 9.13. The van der Waals surface area contributed by atoms with E-state index in [0.717, 1.165) is 55.1 Å². The van der Waals surface area contributed by atoms with Crippen molar-refractivity contribution in [1.82, 2.24) is 24.6 Å². The maximum absolute atomic E-state index is 13.4. The summed E-state index contributed by atoms with van der Waals surface area (Å²) in [7, 11) is -3.05. The summed E-state index contributed by atoms with van der Waals surface area (Å²) in [4.78, 5) is 19.6. The second-order valence-electron chi connectivity index (χ2n) is 9.09. The minimum atomic E-state index is -3.05. The molecule has 1 aliphatic heterocycles. The standard InChI is InChI=1S/C22H29N5O3S2/c28-20(26(17-6-2-1-3-7-17)19-10-12-32(29,30)15-19)14-31-22-25-24-21(27(22)18-8-9-18)16-5-4-11-23-13-16/h4-5,11,13,17-19H,1-3,6-10,12,14-15H2/t19-/m0/s1. The first kappa shape index (κ1) is 21.9. The lowest BCUT2D eigenvalue weighted by molar-refractivity contribution is -0.133. The first-order valence-corrected chi connectivity index (χ1v) is 14.3. The van der Waals surface area contributed by atoms with Gasteiger partial charge in [0.15, 0.2) is 20.8 Å². The number of sulfone groups is 1. The Kier molecular flexibility index (Phi) is 6.24. The Hall–Kier alpha value is -1.94. The number of carbonyl (C=O) groups excluding carboxylic acids is 1. The lowest BCUT2D eigenvalue weighted by Gasteiger charge is -2.38. The molecule has 0 unspecified atom stereocenters. The van der Waals surface area contributed by atoms with E-state index < -0.39 is 9.84 Å². The molecule has 2 aliphatic carbocycles. The average Bonchev–Trinajstić information content (AvgIpc) is 3.45. The van der Waals surface area contributed by atoms with Gasteiger partial charge in [0.1, 0.15) is 0 Å². The van der Waals surface area contributed by atoms with Crippen molar-refractivity contribution in [3.8, 4) is 11.4 Å². The summed E-state index contributed by atoms with van der Waals surface area (Å²) in [5, 5.41) is 9.56. The summed E-state index contributed by atoms with van der Waals surface area (Å²) in [6.07, 6.45) is 11.6. The molecule has 1 amide bonds. The van der Waals surface area contributed by atoms with Gasteiger partial charge in [0, 0.05) is 36.1 Å². The summed E-state index contributed by atoms with van der Waals surface area (Å²) in [6, 6.07) is 4.19. The predicted molar refractivity (Wildman–Crippen MR) is 123 cm³/mol. The smallest absolute Gasteiger partial charge is 0.233 e. The second-order valence-corrected chi connectivity index (χ2v) is 12.3. The van der Waals surface area contributed by atoms with Crippen LogP contribution < -0.4 is 0 Å². The molecule has 32 heavy (non-hydrogen) atoms. The zero-order valence-electron chi connectivity index (χ0n) is 18.1. The summed E-state index contributed by atoms with van der Waals surface area (Å²) in [5.41, 5.74) is 0.921. The van der Waals surface area contributed by atoms with Gasteiger partial charge in [0.25, 0.3) is 0 Å². The Morgan fingerprint density at radius 3 is 2.56 bits per heavy atom.